The average Bonchev–Trinajstić information content (AvgIpc) is 3.22. The lowest BCUT2D eigenvalue weighted by Crippen LogP contribution is -2.33. The summed E-state index contributed by atoms with van der Waals surface area (Å²) < 4.78 is 0. The lowest BCUT2D eigenvalue weighted by molar-refractivity contribution is -0.125. The van der Waals surface area contributed by atoms with Crippen LogP contribution in [-0.2, 0) is 11.3 Å². The van der Waals surface area contributed by atoms with Gasteiger partial charge in [0.25, 0.3) is 5.91 Å². The molecule has 104 valence electrons. The Labute approximate surface area is 116 Å². The standard InChI is InChI=1S/C14H15N3O3/c15-13(19)10-3-1-9(2-4-10)7-17-12(18)8-16(14(17)20)11-5-6-11/h1-4,11H,5-8H2,(H2,15,19). The molecule has 1 aromatic carbocycles. The van der Waals surface area contributed by atoms with Crippen molar-refractivity contribution in [2.45, 2.75) is 25.4 Å². The number of carbonyl (C=O) groups is 3. The smallest absolute Gasteiger partial charge is 0.327 e. The highest BCUT2D eigenvalue weighted by atomic mass is 16.2. The molecule has 1 aliphatic heterocycles. The van der Waals surface area contributed by atoms with Crippen LogP contribution < -0.4 is 5.73 Å². The quantitative estimate of drug-likeness (QED) is 0.820. The van der Waals surface area contributed by atoms with Gasteiger partial charge in [-0.1, -0.05) is 12.1 Å². The number of nitrogens with two attached hydrogens (primary N) is 1. The van der Waals surface area contributed by atoms with Gasteiger partial charge in [-0.15, -0.1) is 0 Å². The Hall–Kier alpha value is -2.37. The number of primary amides is 1. The summed E-state index contributed by atoms with van der Waals surface area (Å²) in [6, 6.07) is 6.65. The monoisotopic (exact) mass is 273 g/mol. The molecule has 20 heavy (non-hydrogen) atoms. The van der Waals surface area contributed by atoms with Gasteiger partial charge in [-0.25, -0.2) is 4.79 Å². The molecule has 0 bridgehead atoms. The van der Waals surface area contributed by atoms with Crippen LogP contribution in [0.3, 0.4) is 0 Å². The summed E-state index contributed by atoms with van der Waals surface area (Å²) in [5, 5.41) is 0. The molecule has 6 nitrogen and oxygen atoms in total. The van der Waals surface area contributed by atoms with Gasteiger partial charge in [0.1, 0.15) is 6.54 Å². The third kappa shape index (κ3) is 2.24. The van der Waals surface area contributed by atoms with Crippen molar-refractivity contribution in [1.82, 2.24) is 9.80 Å². The van der Waals surface area contributed by atoms with Gasteiger partial charge in [-0.3, -0.25) is 14.5 Å². The molecule has 1 saturated heterocycles. The second-order valence-corrected chi connectivity index (χ2v) is 5.18. The van der Waals surface area contributed by atoms with Gasteiger partial charge in [0.15, 0.2) is 0 Å². The third-order valence-corrected chi connectivity index (χ3v) is 3.65. The van der Waals surface area contributed by atoms with E-state index in [-0.39, 0.29) is 31.1 Å². The molecule has 1 aliphatic carbocycles. The Morgan fingerprint density at radius 3 is 2.40 bits per heavy atom. The fourth-order valence-corrected chi connectivity index (χ4v) is 2.34. The van der Waals surface area contributed by atoms with E-state index in [2.05, 4.69) is 0 Å². The lowest BCUT2D eigenvalue weighted by Gasteiger charge is -2.16. The number of carbonyl (C=O) groups excluding carboxylic acids is 3. The van der Waals surface area contributed by atoms with Gasteiger partial charge in [0.05, 0.1) is 6.54 Å². The van der Waals surface area contributed by atoms with Crippen LogP contribution in [0.15, 0.2) is 24.3 Å². The molecule has 0 atom stereocenters. The topological polar surface area (TPSA) is 83.7 Å². The largest absolute Gasteiger partial charge is 0.366 e. The summed E-state index contributed by atoms with van der Waals surface area (Å²) in [4.78, 5) is 37.9. The van der Waals surface area contributed by atoms with Gasteiger partial charge in [0.2, 0.25) is 5.91 Å². The summed E-state index contributed by atoms with van der Waals surface area (Å²) in [5.74, 6) is -0.661. The van der Waals surface area contributed by atoms with Crippen molar-refractivity contribution in [1.29, 1.82) is 0 Å². The van der Waals surface area contributed by atoms with E-state index in [1.165, 1.54) is 4.90 Å². The first kappa shape index (κ1) is 12.7. The molecule has 1 heterocycles. The third-order valence-electron chi connectivity index (χ3n) is 3.65. The van der Waals surface area contributed by atoms with Crippen molar-refractivity contribution < 1.29 is 14.4 Å². The highest BCUT2D eigenvalue weighted by Crippen LogP contribution is 2.30. The highest BCUT2D eigenvalue weighted by molar-refractivity contribution is 6.02. The number of nitrogens with zero attached hydrogens (tertiary/aromatic N) is 2. The summed E-state index contributed by atoms with van der Waals surface area (Å²) >= 11 is 0. The van der Waals surface area contributed by atoms with E-state index in [0.29, 0.717) is 5.56 Å². The SMILES string of the molecule is NC(=O)c1ccc(CN2C(=O)CN(C3CC3)C2=O)cc1. The van der Waals surface area contributed by atoms with E-state index in [1.54, 1.807) is 29.2 Å². The Kier molecular flexibility index (Phi) is 2.93. The maximum Gasteiger partial charge on any atom is 0.327 e. The van der Waals surface area contributed by atoms with E-state index in [1.807, 2.05) is 0 Å². The van der Waals surface area contributed by atoms with Crippen molar-refractivity contribution in [3.63, 3.8) is 0 Å². The Morgan fingerprint density at radius 1 is 1.20 bits per heavy atom. The van der Waals surface area contributed by atoms with Gasteiger partial charge >= 0.3 is 6.03 Å². The van der Waals surface area contributed by atoms with Crippen molar-refractivity contribution in [2.75, 3.05) is 6.54 Å². The second-order valence-electron chi connectivity index (χ2n) is 5.18. The maximum atomic E-state index is 12.1. The second kappa shape index (κ2) is 4.63. The van der Waals surface area contributed by atoms with E-state index in [9.17, 15) is 14.4 Å². The Balaban J connectivity index is 1.72. The van der Waals surface area contributed by atoms with Crippen LogP contribution in [0.2, 0.25) is 0 Å². The fraction of sp³-hybridized carbons (Fsp3) is 0.357. The minimum atomic E-state index is -0.496. The van der Waals surface area contributed by atoms with Crippen LogP contribution in [0.1, 0.15) is 28.8 Å². The molecular weight excluding hydrogens is 258 g/mol. The molecule has 0 spiro atoms. The first-order valence-electron chi connectivity index (χ1n) is 6.56. The van der Waals surface area contributed by atoms with E-state index in [0.717, 1.165) is 18.4 Å². The fourth-order valence-electron chi connectivity index (χ4n) is 2.34. The predicted octanol–water partition coefficient (Wildman–Crippen LogP) is 0.712. The first-order chi connectivity index (χ1) is 9.56. The Morgan fingerprint density at radius 2 is 1.85 bits per heavy atom. The molecule has 0 radical (unpaired) electrons. The first-order valence-corrected chi connectivity index (χ1v) is 6.56. The van der Waals surface area contributed by atoms with Crippen LogP contribution >= 0.6 is 0 Å². The number of hydrogen-bond donors (Lipinski definition) is 1. The van der Waals surface area contributed by atoms with Crippen molar-refractivity contribution in [3.8, 4) is 0 Å². The number of imide groups is 1. The molecule has 4 amide bonds. The number of rotatable bonds is 4. The highest BCUT2D eigenvalue weighted by Gasteiger charge is 2.43. The van der Waals surface area contributed by atoms with Gasteiger partial charge in [-0.2, -0.15) is 0 Å². The molecular formula is C14H15N3O3. The van der Waals surface area contributed by atoms with E-state index < -0.39 is 5.91 Å². The molecule has 1 saturated carbocycles. The van der Waals surface area contributed by atoms with Crippen LogP contribution in [-0.4, -0.2) is 40.2 Å². The molecule has 2 fully saturated rings. The summed E-state index contributed by atoms with van der Waals surface area (Å²) in [5.41, 5.74) is 6.38. The minimum Gasteiger partial charge on any atom is -0.366 e. The number of hydrogen-bond acceptors (Lipinski definition) is 3. The molecule has 1 aromatic rings. The molecule has 2 N–H and O–H groups in total. The molecule has 0 aromatic heterocycles. The summed E-state index contributed by atoms with van der Waals surface area (Å²) in [6.45, 7) is 0.419. The normalized spacial score (nSPS) is 18.8. The average molecular weight is 273 g/mol. The van der Waals surface area contributed by atoms with Crippen LogP contribution in [0.5, 0.6) is 0 Å². The Bertz CT molecular complexity index is 578. The van der Waals surface area contributed by atoms with Crippen LogP contribution in [0.4, 0.5) is 4.79 Å². The summed E-state index contributed by atoms with van der Waals surface area (Å²) in [6.07, 6.45) is 1.97. The molecule has 0 unspecified atom stereocenters. The zero-order valence-electron chi connectivity index (χ0n) is 10.9. The van der Waals surface area contributed by atoms with Crippen molar-refractivity contribution >= 4 is 17.8 Å². The maximum absolute atomic E-state index is 12.1. The zero-order chi connectivity index (χ0) is 14.3. The molecule has 3 rings (SSSR count). The number of benzene rings is 1. The molecule has 2 aliphatic rings. The van der Waals surface area contributed by atoms with Crippen molar-refractivity contribution in [3.05, 3.63) is 35.4 Å². The van der Waals surface area contributed by atoms with Gasteiger partial charge < -0.3 is 10.6 Å². The van der Waals surface area contributed by atoms with Gasteiger partial charge in [0, 0.05) is 11.6 Å². The zero-order valence-corrected chi connectivity index (χ0v) is 10.9. The minimum absolute atomic E-state index is 0.166. The molecule has 6 heteroatoms. The summed E-state index contributed by atoms with van der Waals surface area (Å²) in [7, 11) is 0. The van der Waals surface area contributed by atoms with Crippen LogP contribution in [0, 0.1) is 0 Å². The van der Waals surface area contributed by atoms with E-state index in [4.69, 9.17) is 5.73 Å². The predicted molar refractivity (Wildman–Crippen MR) is 70.6 cm³/mol. The van der Waals surface area contributed by atoms with Gasteiger partial charge in [-0.05, 0) is 30.5 Å². The van der Waals surface area contributed by atoms with Crippen molar-refractivity contribution in [2.24, 2.45) is 5.73 Å². The van der Waals surface area contributed by atoms with E-state index >= 15 is 0 Å². The number of amides is 4. The lowest BCUT2D eigenvalue weighted by atomic mass is 10.1. The van der Waals surface area contributed by atoms with Crippen LogP contribution in [0.25, 0.3) is 0 Å². The number of urea groups is 1.